The van der Waals surface area contributed by atoms with Crippen LogP contribution < -0.4 is 4.74 Å². The molecule has 0 amide bonds. The maximum Gasteiger partial charge on any atom is 0.419 e. The van der Waals surface area contributed by atoms with E-state index in [0.717, 1.165) is 6.07 Å². The van der Waals surface area contributed by atoms with Crippen molar-refractivity contribution in [2.45, 2.75) is 19.7 Å². The molecule has 0 aliphatic heterocycles. The van der Waals surface area contributed by atoms with E-state index in [-0.39, 0.29) is 18.2 Å². The second-order valence-corrected chi connectivity index (χ2v) is 3.67. The topological polar surface area (TPSA) is 35.3 Å². The van der Waals surface area contributed by atoms with Crippen molar-refractivity contribution >= 4 is 0 Å². The Morgan fingerprint density at radius 3 is 2.61 bits per heavy atom. The first-order chi connectivity index (χ1) is 8.47. The summed E-state index contributed by atoms with van der Waals surface area (Å²) in [4.78, 5) is 3.94. The van der Waals surface area contributed by atoms with Crippen molar-refractivity contribution in [1.82, 2.24) is 4.98 Å². The van der Waals surface area contributed by atoms with Crippen molar-refractivity contribution in [3.05, 3.63) is 47.7 Å². The number of aryl methyl sites for hydroxylation is 1. The van der Waals surface area contributed by atoms with Crippen molar-refractivity contribution in [2.75, 3.05) is 0 Å². The van der Waals surface area contributed by atoms with Crippen LogP contribution in [0.15, 0.2) is 34.9 Å². The van der Waals surface area contributed by atoms with Crippen molar-refractivity contribution < 1.29 is 22.3 Å². The van der Waals surface area contributed by atoms with Gasteiger partial charge < -0.3 is 9.15 Å². The number of alkyl halides is 3. The van der Waals surface area contributed by atoms with Gasteiger partial charge in [0, 0.05) is 0 Å². The van der Waals surface area contributed by atoms with Crippen LogP contribution in [0.1, 0.15) is 17.1 Å². The molecule has 2 aromatic rings. The van der Waals surface area contributed by atoms with Gasteiger partial charge in [-0.15, -0.1) is 0 Å². The molecular weight excluding hydrogens is 247 g/mol. The van der Waals surface area contributed by atoms with Crippen LogP contribution in [0.5, 0.6) is 5.75 Å². The lowest BCUT2D eigenvalue weighted by Crippen LogP contribution is -2.08. The molecule has 3 nitrogen and oxygen atoms in total. The van der Waals surface area contributed by atoms with Gasteiger partial charge in [-0.3, -0.25) is 0 Å². The Morgan fingerprint density at radius 2 is 2.00 bits per heavy atom. The number of rotatable bonds is 3. The van der Waals surface area contributed by atoms with Gasteiger partial charge in [-0.2, -0.15) is 13.2 Å². The Bertz CT molecular complexity index is 534. The van der Waals surface area contributed by atoms with E-state index >= 15 is 0 Å². The number of halogens is 3. The lowest BCUT2D eigenvalue weighted by Gasteiger charge is -2.12. The van der Waals surface area contributed by atoms with E-state index in [9.17, 15) is 13.2 Å². The number of hydrogen-bond acceptors (Lipinski definition) is 3. The normalized spacial score (nSPS) is 11.6. The van der Waals surface area contributed by atoms with Crippen LogP contribution in [0.25, 0.3) is 0 Å². The van der Waals surface area contributed by atoms with Crippen LogP contribution in [0.2, 0.25) is 0 Å². The fraction of sp³-hybridized carbons (Fsp3) is 0.250. The zero-order valence-electron chi connectivity index (χ0n) is 9.49. The summed E-state index contributed by atoms with van der Waals surface area (Å²) in [6.45, 7) is 1.58. The van der Waals surface area contributed by atoms with Crippen molar-refractivity contribution in [1.29, 1.82) is 0 Å². The highest BCUT2D eigenvalue weighted by Gasteiger charge is 2.34. The van der Waals surface area contributed by atoms with Gasteiger partial charge in [0.05, 0.1) is 11.3 Å². The summed E-state index contributed by atoms with van der Waals surface area (Å²) in [5.41, 5.74) is -0.161. The molecule has 0 aliphatic rings. The molecule has 96 valence electrons. The predicted octanol–water partition coefficient (Wildman–Crippen LogP) is 3.58. The molecule has 0 spiro atoms. The molecule has 1 aromatic carbocycles. The lowest BCUT2D eigenvalue weighted by molar-refractivity contribution is -0.139. The van der Waals surface area contributed by atoms with Crippen LogP contribution >= 0.6 is 0 Å². The average molecular weight is 257 g/mol. The minimum atomic E-state index is -4.44. The smallest absolute Gasteiger partial charge is 0.419 e. The number of nitrogens with zero attached hydrogens (tertiary/aromatic N) is 1. The standard InChI is InChI=1S/C12H10F3NO2/c1-8-6-18-11(16-8)7-17-10-5-3-2-4-9(10)12(13,14)15/h2-6H,7H2,1H3. The first kappa shape index (κ1) is 12.5. The summed E-state index contributed by atoms with van der Waals surface area (Å²) < 4.78 is 48.1. The average Bonchev–Trinajstić information content (AvgIpc) is 2.72. The fourth-order valence-corrected chi connectivity index (χ4v) is 1.44. The second kappa shape index (κ2) is 4.72. The predicted molar refractivity (Wildman–Crippen MR) is 57.0 cm³/mol. The Kier molecular flexibility index (Phi) is 3.27. The molecule has 0 radical (unpaired) electrons. The molecule has 1 aromatic heterocycles. The summed E-state index contributed by atoms with van der Waals surface area (Å²) in [6.07, 6.45) is -3.03. The van der Waals surface area contributed by atoms with Gasteiger partial charge in [0.2, 0.25) is 5.89 Å². The monoisotopic (exact) mass is 257 g/mol. The molecule has 18 heavy (non-hydrogen) atoms. The van der Waals surface area contributed by atoms with E-state index in [0.29, 0.717) is 5.69 Å². The van der Waals surface area contributed by atoms with Gasteiger partial charge in [0.15, 0.2) is 6.61 Å². The number of aromatic nitrogens is 1. The molecule has 0 saturated heterocycles. The van der Waals surface area contributed by atoms with E-state index in [1.807, 2.05) is 0 Å². The summed E-state index contributed by atoms with van der Waals surface area (Å²) in [6, 6.07) is 5.02. The molecule has 0 N–H and O–H groups in total. The largest absolute Gasteiger partial charge is 0.483 e. The number of benzene rings is 1. The summed E-state index contributed by atoms with van der Waals surface area (Å²) in [7, 11) is 0. The minimum absolute atomic E-state index is 0.138. The maximum absolute atomic E-state index is 12.7. The van der Waals surface area contributed by atoms with E-state index in [1.165, 1.54) is 24.5 Å². The summed E-state index contributed by atoms with van der Waals surface area (Å²) in [5.74, 6) is 0.00494. The SMILES string of the molecule is Cc1coc(COc2ccccc2C(F)(F)F)n1. The molecule has 0 aliphatic carbocycles. The van der Waals surface area contributed by atoms with Crippen molar-refractivity contribution in [3.8, 4) is 5.75 Å². The van der Waals surface area contributed by atoms with Crippen molar-refractivity contribution in [2.24, 2.45) is 0 Å². The van der Waals surface area contributed by atoms with E-state index < -0.39 is 11.7 Å². The third-order valence-electron chi connectivity index (χ3n) is 2.21. The Hall–Kier alpha value is -1.98. The van der Waals surface area contributed by atoms with Gasteiger partial charge in [0.25, 0.3) is 0 Å². The lowest BCUT2D eigenvalue weighted by atomic mass is 10.2. The van der Waals surface area contributed by atoms with E-state index in [2.05, 4.69) is 4.98 Å². The molecule has 0 saturated carbocycles. The maximum atomic E-state index is 12.7. The molecule has 0 bridgehead atoms. The Labute approximate surface area is 101 Å². The van der Waals surface area contributed by atoms with Gasteiger partial charge in [0.1, 0.15) is 12.0 Å². The highest BCUT2D eigenvalue weighted by Crippen LogP contribution is 2.36. The third kappa shape index (κ3) is 2.82. The fourth-order valence-electron chi connectivity index (χ4n) is 1.44. The van der Waals surface area contributed by atoms with Crippen LogP contribution in [0.3, 0.4) is 0 Å². The molecule has 2 rings (SSSR count). The quantitative estimate of drug-likeness (QED) is 0.843. The van der Waals surface area contributed by atoms with E-state index in [4.69, 9.17) is 9.15 Å². The van der Waals surface area contributed by atoms with Crippen LogP contribution in [0.4, 0.5) is 13.2 Å². The Balaban J connectivity index is 2.14. The molecule has 0 unspecified atom stereocenters. The highest BCUT2D eigenvalue weighted by molar-refractivity contribution is 5.35. The van der Waals surface area contributed by atoms with Gasteiger partial charge in [-0.25, -0.2) is 4.98 Å². The number of oxazole rings is 1. The second-order valence-electron chi connectivity index (χ2n) is 3.67. The number of para-hydroxylation sites is 1. The zero-order chi connectivity index (χ0) is 13.2. The van der Waals surface area contributed by atoms with Crippen LogP contribution in [0, 0.1) is 6.92 Å². The van der Waals surface area contributed by atoms with Gasteiger partial charge >= 0.3 is 6.18 Å². The van der Waals surface area contributed by atoms with E-state index in [1.54, 1.807) is 6.92 Å². The Morgan fingerprint density at radius 1 is 1.28 bits per heavy atom. The molecular formula is C12H10F3NO2. The van der Waals surface area contributed by atoms with Crippen molar-refractivity contribution in [3.63, 3.8) is 0 Å². The number of hydrogen-bond donors (Lipinski definition) is 0. The molecule has 1 heterocycles. The van der Waals surface area contributed by atoms with Crippen LogP contribution in [-0.4, -0.2) is 4.98 Å². The molecule has 6 heteroatoms. The number of ether oxygens (including phenoxy) is 1. The molecule has 0 atom stereocenters. The summed E-state index contributed by atoms with van der Waals surface area (Å²) >= 11 is 0. The molecule has 0 fully saturated rings. The third-order valence-corrected chi connectivity index (χ3v) is 2.21. The zero-order valence-corrected chi connectivity index (χ0v) is 9.49. The first-order valence-electron chi connectivity index (χ1n) is 5.17. The minimum Gasteiger partial charge on any atom is -0.483 e. The van der Waals surface area contributed by atoms with Crippen LogP contribution in [-0.2, 0) is 12.8 Å². The van der Waals surface area contributed by atoms with Gasteiger partial charge in [-0.05, 0) is 19.1 Å². The summed E-state index contributed by atoms with van der Waals surface area (Å²) in [5, 5.41) is 0. The first-order valence-corrected chi connectivity index (χ1v) is 5.17. The highest BCUT2D eigenvalue weighted by atomic mass is 19.4. The van der Waals surface area contributed by atoms with Gasteiger partial charge in [-0.1, -0.05) is 12.1 Å².